The first-order valence-corrected chi connectivity index (χ1v) is 7.89. The van der Waals surface area contributed by atoms with E-state index in [9.17, 15) is 15.2 Å². The highest BCUT2D eigenvalue weighted by molar-refractivity contribution is 5.26. The molecule has 0 spiro atoms. The number of rotatable bonds is 12. The van der Waals surface area contributed by atoms with Crippen LogP contribution in [0.2, 0.25) is 0 Å². The van der Waals surface area contributed by atoms with Crippen LogP contribution in [-0.2, 0) is 16.2 Å². The third kappa shape index (κ3) is 9.29. The molecular formula is C16H26N2O6. The van der Waals surface area contributed by atoms with Crippen molar-refractivity contribution in [1.29, 1.82) is 0 Å². The van der Waals surface area contributed by atoms with E-state index in [1.54, 1.807) is 19.1 Å². The Kier molecular flexibility index (Phi) is 9.06. The van der Waals surface area contributed by atoms with E-state index < -0.39 is 17.3 Å². The van der Waals surface area contributed by atoms with Crippen LogP contribution in [0.5, 0.6) is 5.75 Å². The van der Waals surface area contributed by atoms with Gasteiger partial charge in [-0.2, -0.15) is 0 Å². The van der Waals surface area contributed by atoms with Crippen LogP contribution in [0, 0.1) is 10.1 Å². The molecule has 0 heterocycles. The van der Waals surface area contributed by atoms with Gasteiger partial charge in [0.1, 0.15) is 24.6 Å². The van der Waals surface area contributed by atoms with Gasteiger partial charge >= 0.3 is 0 Å². The zero-order valence-corrected chi connectivity index (χ0v) is 14.3. The normalized spacial score (nSPS) is 13.5. The molecule has 136 valence electrons. The molecule has 1 rings (SSSR count). The largest absolute Gasteiger partial charge is 0.491 e. The van der Waals surface area contributed by atoms with Gasteiger partial charge in [-0.15, -0.1) is 10.1 Å². The van der Waals surface area contributed by atoms with E-state index >= 15 is 0 Å². The standard InChI is InChI=1S/C16H26N2O6/c1-12(2)17-8-15(19)11-23-16-6-4-14(5-7-16)10-22-9-13(3)24-18(20)21/h4-7,12-13,15,17,19H,8-11H2,1-3H3. The highest BCUT2D eigenvalue weighted by Crippen LogP contribution is 2.13. The van der Waals surface area contributed by atoms with Crippen LogP contribution in [0.25, 0.3) is 0 Å². The van der Waals surface area contributed by atoms with Crippen LogP contribution < -0.4 is 10.1 Å². The molecule has 1 aromatic carbocycles. The van der Waals surface area contributed by atoms with E-state index in [1.165, 1.54) is 0 Å². The monoisotopic (exact) mass is 342 g/mol. The lowest BCUT2D eigenvalue weighted by Gasteiger charge is -2.15. The highest BCUT2D eigenvalue weighted by atomic mass is 17.0. The van der Waals surface area contributed by atoms with E-state index in [-0.39, 0.29) is 13.2 Å². The first kappa shape index (κ1) is 20.1. The second kappa shape index (κ2) is 10.8. The van der Waals surface area contributed by atoms with Crippen molar-refractivity contribution in [3.8, 4) is 5.75 Å². The maximum Gasteiger partial charge on any atom is 0.294 e. The van der Waals surface area contributed by atoms with Gasteiger partial charge < -0.3 is 24.7 Å². The van der Waals surface area contributed by atoms with Crippen molar-refractivity contribution in [3.63, 3.8) is 0 Å². The summed E-state index contributed by atoms with van der Waals surface area (Å²) >= 11 is 0. The summed E-state index contributed by atoms with van der Waals surface area (Å²) in [5.74, 6) is 0.660. The molecule has 1 aromatic rings. The summed E-state index contributed by atoms with van der Waals surface area (Å²) in [6, 6.07) is 7.58. The molecule has 2 atom stereocenters. The number of aliphatic hydroxyl groups excluding tert-OH is 1. The van der Waals surface area contributed by atoms with Crippen LogP contribution in [0.3, 0.4) is 0 Å². The van der Waals surface area contributed by atoms with Crippen molar-refractivity contribution in [2.45, 2.75) is 45.6 Å². The highest BCUT2D eigenvalue weighted by Gasteiger charge is 2.08. The molecule has 0 bridgehead atoms. The minimum Gasteiger partial charge on any atom is -0.491 e. The molecule has 2 N–H and O–H groups in total. The minimum absolute atomic E-state index is 0.133. The van der Waals surface area contributed by atoms with Gasteiger partial charge in [0.2, 0.25) is 0 Å². The predicted molar refractivity (Wildman–Crippen MR) is 88.3 cm³/mol. The first-order chi connectivity index (χ1) is 11.4. The van der Waals surface area contributed by atoms with Gasteiger partial charge in [0, 0.05) is 12.6 Å². The van der Waals surface area contributed by atoms with E-state index in [1.807, 2.05) is 26.0 Å². The second-order valence-electron chi connectivity index (χ2n) is 5.83. The number of benzene rings is 1. The molecule has 24 heavy (non-hydrogen) atoms. The lowest BCUT2D eigenvalue weighted by molar-refractivity contribution is -0.768. The Labute approximate surface area is 141 Å². The topological polar surface area (TPSA) is 103 Å². The molecule has 0 aromatic heterocycles. The Balaban J connectivity index is 2.26. The Morgan fingerprint density at radius 1 is 1.21 bits per heavy atom. The first-order valence-electron chi connectivity index (χ1n) is 7.89. The fourth-order valence-corrected chi connectivity index (χ4v) is 1.83. The summed E-state index contributed by atoms with van der Waals surface area (Å²) in [4.78, 5) is 14.5. The van der Waals surface area contributed by atoms with Crippen LogP contribution in [-0.4, -0.2) is 48.2 Å². The Morgan fingerprint density at radius 2 is 1.88 bits per heavy atom. The molecule has 0 aliphatic carbocycles. The molecule has 0 amide bonds. The van der Waals surface area contributed by atoms with Crippen molar-refractivity contribution in [2.24, 2.45) is 0 Å². The van der Waals surface area contributed by atoms with Crippen LogP contribution in [0.15, 0.2) is 24.3 Å². The van der Waals surface area contributed by atoms with E-state index in [0.717, 1.165) is 5.56 Å². The van der Waals surface area contributed by atoms with Gasteiger partial charge in [-0.1, -0.05) is 26.0 Å². The third-order valence-electron chi connectivity index (χ3n) is 3.01. The number of ether oxygens (including phenoxy) is 2. The summed E-state index contributed by atoms with van der Waals surface area (Å²) in [7, 11) is 0. The van der Waals surface area contributed by atoms with Crippen molar-refractivity contribution >= 4 is 0 Å². The van der Waals surface area contributed by atoms with Crippen molar-refractivity contribution in [2.75, 3.05) is 19.8 Å². The van der Waals surface area contributed by atoms with Crippen molar-refractivity contribution in [3.05, 3.63) is 39.9 Å². The second-order valence-corrected chi connectivity index (χ2v) is 5.83. The number of nitrogens with one attached hydrogen (secondary N) is 1. The summed E-state index contributed by atoms with van der Waals surface area (Å²) < 4.78 is 10.9. The van der Waals surface area contributed by atoms with Gasteiger partial charge in [0.25, 0.3) is 5.09 Å². The molecule has 0 aliphatic rings. The molecule has 2 unspecified atom stereocenters. The molecule has 0 fully saturated rings. The van der Waals surface area contributed by atoms with Crippen molar-refractivity contribution in [1.82, 2.24) is 5.32 Å². The molecule has 8 heteroatoms. The SMILES string of the molecule is CC(C)NCC(O)COc1ccc(COCC(C)O[N+](=O)[O-])cc1. The Morgan fingerprint density at radius 3 is 2.46 bits per heavy atom. The molecule has 0 aliphatic heterocycles. The summed E-state index contributed by atoms with van der Waals surface area (Å²) in [6.07, 6.45) is -1.18. The number of aliphatic hydroxyl groups is 1. The summed E-state index contributed by atoms with van der Waals surface area (Å²) in [5, 5.41) is 22.2. The summed E-state index contributed by atoms with van der Waals surface area (Å²) in [5.41, 5.74) is 0.915. The number of nitrogens with zero attached hydrogens (tertiary/aromatic N) is 1. The zero-order chi connectivity index (χ0) is 17.9. The van der Waals surface area contributed by atoms with Gasteiger partial charge in [-0.05, 0) is 24.6 Å². The fourth-order valence-electron chi connectivity index (χ4n) is 1.83. The van der Waals surface area contributed by atoms with E-state index in [4.69, 9.17) is 9.47 Å². The maximum absolute atomic E-state index is 10.2. The van der Waals surface area contributed by atoms with Crippen molar-refractivity contribution < 1.29 is 24.5 Å². The quantitative estimate of drug-likeness (QED) is 0.438. The lowest BCUT2D eigenvalue weighted by atomic mass is 10.2. The molecule has 0 saturated heterocycles. The van der Waals surface area contributed by atoms with E-state index in [2.05, 4.69) is 10.2 Å². The Bertz CT molecular complexity index is 480. The lowest BCUT2D eigenvalue weighted by Crippen LogP contribution is -2.35. The zero-order valence-electron chi connectivity index (χ0n) is 14.3. The average molecular weight is 342 g/mol. The number of hydrogen-bond acceptors (Lipinski definition) is 7. The van der Waals surface area contributed by atoms with Gasteiger partial charge in [-0.3, -0.25) is 0 Å². The predicted octanol–water partition coefficient (Wildman–Crippen LogP) is 1.54. The maximum atomic E-state index is 10.2. The fraction of sp³-hybridized carbons (Fsp3) is 0.625. The van der Waals surface area contributed by atoms with E-state index in [0.29, 0.717) is 24.9 Å². The van der Waals surface area contributed by atoms with Gasteiger partial charge in [0.15, 0.2) is 0 Å². The van der Waals surface area contributed by atoms with Crippen LogP contribution in [0.4, 0.5) is 0 Å². The number of hydrogen-bond donors (Lipinski definition) is 2. The average Bonchev–Trinajstić information content (AvgIpc) is 2.51. The molecule has 8 nitrogen and oxygen atoms in total. The van der Waals surface area contributed by atoms with Crippen LogP contribution >= 0.6 is 0 Å². The molecule has 0 radical (unpaired) electrons. The Hall–Kier alpha value is -1.90. The molecule has 0 saturated carbocycles. The molecular weight excluding hydrogens is 316 g/mol. The summed E-state index contributed by atoms with van der Waals surface area (Å²) in [6.45, 7) is 6.75. The van der Waals surface area contributed by atoms with Crippen LogP contribution in [0.1, 0.15) is 26.3 Å². The minimum atomic E-state index is -0.828. The van der Waals surface area contributed by atoms with Gasteiger partial charge in [0.05, 0.1) is 13.2 Å². The third-order valence-corrected chi connectivity index (χ3v) is 3.01. The van der Waals surface area contributed by atoms with Gasteiger partial charge in [-0.25, -0.2) is 0 Å². The smallest absolute Gasteiger partial charge is 0.294 e.